The molecule has 156 valence electrons. The number of aromatic nitrogens is 2. The predicted octanol–water partition coefficient (Wildman–Crippen LogP) is 4.92. The van der Waals surface area contributed by atoms with Gasteiger partial charge in [0.15, 0.2) is 0 Å². The largest absolute Gasteiger partial charge is 0.494 e. The van der Waals surface area contributed by atoms with Crippen molar-refractivity contribution in [1.29, 1.82) is 0 Å². The van der Waals surface area contributed by atoms with Crippen molar-refractivity contribution >= 4 is 34.6 Å². The third-order valence-electron chi connectivity index (χ3n) is 4.76. The van der Waals surface area contributed by atoms with Gasteiger partial charge in [-0.25, -0.2) is 5.43 Å². The van der Waals surface area contributed by atoms with E-state index in [1.165, 1.54) is 0 Å². The molecule has 0 radical (unpaired) electrons. The first-order valence-electron chi connectivity index (χ1n) is 9.90. The van der Waals surface area contributed by atoms with Crippen molar-refractivity contribution in [3.8, 4) is 5.75 Å². The first kappa shape index (κ1) is 20.6. The van der Waals surface area contributed by atoms with E-state index < -0.39 is 0 Å². The van der Waals surface area contributed by atoms with Crippen LogP contribution in [0.5, 0.6) is 5.75 Å². The Morgan fingerprint density at radius 2 is 1.87 bits per heavy atom. The second kappa shape index (κ2) is 9.91. The van der Waals surface area contributed by atoms with Crippen LogP contribution in [0.3, 0.4) is 0 Å². The highest BCUT2D eigenvalue weighted by molar-refractivity contribution is 6.30. The molecule has 4 aromatic rings. The van der Waals surface area contributed by atoms with Crippen molar-refractivity contribution in [2.75, 3.05) is 6.61 Å². The molecule has 0 fully saturated rings. The molecule has 4 rings (SSSR count). The number of hydrogen-bond acceptors (Lipinski definition) is 4. The summed E-state index contributed by atoms with van der Waals surface area (Å²) in [5, 5.41) is 5.90. The van der Waals surface area contributed by atoms with Crippen molar-refractivity contribution in [2.24, 2.45) is 5.10 Å². The minimum absolute atomic E-state index is 0.276. The van der Waals surface area contributed by atoms with Gasteiger partial charge < -0.3 is 9.30 Å². The van der Waals surface area contributed by atoms with E-state index >= 15 is 0 Å². The Labute approximate surface area is 185 Å². The van der Waals surface area contributed by atoms with Gasteiger partial charge in [-0.3, -0.25) is 9.78 Å². The highest BCUT2D eigenvalue weighted by atomic mass is 35.5. The van der Waals surface area contributed by atoms with Crippen molar-refractivity contribution in [3.63, 3.8) is 0 Å². The minimum Gasteiger partial charge on any atom is -0.494 e. The number of hydrazone groups is 1. The van der Waals surface area contributed by atoms with Crippen LogP contribution in [0.25, 0.3) is 10.9 Å². The second-order valence-corrected chi connectivity index (χ2v) is 7.32. The lowest BCUT2D eigenvalue weighted by Gasteiger charge is -2.08. The summed E-state index contributed by atoms with van der Waals surface area (Å²) in [5.74, 6) is 0.529. The van der Waals surface area contributed by atoms with Gasteiger partial charge in [-0.1, -0.05) is 29.8 Å². The number of carbonyl (C=O) groups is 1. The van der Waals surface area contributed by atoms with Crippen molar-refractivity contribution < 1.29 is 9.53 Å². The van der Waals surface area contributed by atoms with Crippen molar-refractivity contribution in [3.05, 3.63) is 95.4 Å². The number of amides is 1. The monoisotopic (exact) mass is 432 g/mol. The Morgan fingerprint density at radius 1 is 1.10 bits per heavy atom. The summed E-state index contributed by atoms with van der Waals surface area (Å²) < 4.78 is 7.96. The Balaban J connectivity index is 1.39. The molecule has 31 heavy (non-hydrogen) atoms. The summed E-state index contributed by atoms with van der Waals surface area (Å²) in [5.41, 5.74) is 5.11. The molecule has 0 aliphatic rings. The zero-order valence-electron chi connectivity index (χ0n) is 16.7. The highest BCUT2D eigenvalue weighted by Gasteiger charge is 2.07. The van der Waals surface area contributed by atoms with E-state index in [2.05, 4.69) is 26.1 Å². The van der Waals surface area contributed by atoms with Crippen molar-refractivity contribution in [1.82, 2.24) is 15.0 Å². The van der Waals surface area contributed by atoms with Crippen molar-refractivity contribution in [2.45, 2.75) is 13.0 Å². The summed E-state index contributed by atoms with van der Waals surface area (Å²) in [6.07, 6.45) is 7.69. The summed E-state index contributed by atoms with van der Waals surface area (Å²) >= 11 is 5.90. The average Bonchev–Trinajstić information content (AvgIpc) is 3.16. The molecule has 0 aliphatic heterocycles. The van der Waals surface area contributed by atoms with E-state index in [1.807, 2.05) is 48.7 Å². The van der Waals surface area contributed by atoms with Gasteiger partial charge in [0, 0.05) is 52.2 Å². The Hall–Kier alpha value is -3.64. The molecule has 7 heteroatoms. The van der Waals surface area contributed by atoms with Gasteiger partial charge in [-0.15, -0.1) is 0 Å². The maximum Gasteiger partial charge on any atom is 0.271 e. The molecule has 0 saturated carbocycles. The number of nitrogens with one attached hydrogen (secondary N) is 1. The number of fused-ring (bicyclic) bond motifs is 1. The number of para-hydroxylation sites is 1. The molecule has 0 bridgehead atoms. The lowest BCUT2D eigenvalue weighted by Crippen LogP contribution is -2.17. The first-order chi connectivity index (χ1) is 15.2. The van der Waals surface area contributed by atoms with E-state index in [0.717, 1.165) is 35.2 Å². The number of carbonyl (C=O) groups excluding carboxylic acids is 1. The van der Waals surface area contributed by atoms with Gasteiger partial charge in [0.25, 0.3) is 5.91 Å². The lowest BCUT2D eigenvalue weighted by atomic mass is 10.2. The molecule has 1 amide bonds. The maximum absolute atomic E-state index is 12.1. The fourth-order valence-corrected chi connectivity index (χ4v) is 3.37. The zero-order chi connectivity index (χ0) is 21.5. The van der Waals surface area contributed by atoms with E-state index in [4.69, 9.17) is 16.3 Å². The van der Waals surface area contributed by atoms with Crippen LogP contribution < -0.4 is 10.2 Å². The molecular formula is C24H21ClN4O2. The van der Waals surface area contributed by atoms with E-state index in [1.54, 1.807) is 30.7 Å². The number of aryl methyl sites for hydroxylation is 1. The van der Waals surface area contributed by atoms with Crippen LogP contribution in [0.2, 0.25) is 5.02 Å². The van der Waals surface area contributed by atoms with Crippen LogP contribution in [0.1, 0.15) is 22.3 Å². The van der Waals surface area contributed by atoms with E-state index in [9.17, 15) is 4.79 Å². The third-order valence-corrected chi connectivity index (χ3v) is 5.01. The number of nitrogens with zero attached hydrogens (tertiary/aromatic N) is 3. The quantitative estimate of drug-likeness (QED) is 0.244. The Kier molecular flexibility index (Phi) is 6.59. The predicted molar refractivity (Wildman–Crippen MR) is 123 cm³/mol. The third kappa shape index (κ3) is 5.29. The van der Waals surface area contributed by atoms with Crippen LogP contribution in [0.4, 0.5) is 0 Å². The van der Waals surface area contributed by atoms with Gasteiger partial charge >= 0.3 is 0 Å². The van der Waals surface area contributed by atoms with Gasteiger partial charge in [0.2, 0.25) is 0 Å². The molecule has 6 nitrogen and oxygen atoms in total. The van der Waals surface area contributed by atoms with Crippen LogP contribution in [0, 0.1) is 0 Å². The molecule has 1 N–H and O–H groups in total. The Morgan fingerprint density at radius 3 is 2.68 bits per heavy atom. The van der Waals surface area contributed by atoms with Crippen LogP contribution in [-0.4, -0.2) is 28.3 Å². The molecular weight excluding hydrogens is 412 g/mol. The number of rotatable bonds is 8. The summed E-state index contributed by atoms with van der Waals surface area (Å²) in [6, 6.07) is 18.8. The minimum atomic E-state index is -0.276. The molecule has 0 atom stereocenters. The number of benzene rings is 2. The molecule has 2 heterocycles. The van der Waals surface area contributed by atoms with Crippen LogP contribution >= 0.6 is 11.6 Å². The van der Waals surface area contributed by atoms with Crippen LogP contribution in [0.15, 0.2) is 84.4 Å². The zero-order valence-corrected chi connectivity index (χ0v) is 17.5. The maximum atomic E-state index is 12.1. The second-order valence-electron chi connectivity index (χ2n) is 6.89. The van der Waals surface area contributed by atoms with Gasteiger partial charge in [0.1, 0.15) is 5.75 Å². The fourth-order valence-electron chi connectivity index (χ4n) is 3.25. The number of ether oxygens (including phenoxy) is 1. The number of pyridine rings is 1. The standard InChI is InChI=1S/C24H21ClN4O2/c25-20-6-8-21(9-7-20)31-15-3-14-29-17-19(22-4-1-2-5-23(22)29)16-27-28-24(30)18-10-12-26-13-11-18/h1-2,4-13,16-17H,3,14-15H2,(H,28,30)/b27-16-. The first-order valence-corrected chi connectivity index (χ1v) is 10.3. The smallest absolute Gasteiger partial charge is 0.271 e. The average molecular weight is 433 g/mol. The number of hydrogen-bond donors (Lipinski definition) is 1. The highest BCUT2D eigenvalue weighted by Crippen LogP contribution is 2.21. The SMILES string of the molecule is O=C(N/N=C\c1cn(CCCOc2ccc(Cl)cc2)c2ccccc12)c1ccncc1. The molecule has 2 aromatic carbocycles. The normalized spacial score (nSPS) is 11.1. The molecule has 0 unspecified atom stereocenters. The van der Waals surface area contributed by atoms with Crippen LogP contribution in [-0.2, 0) is 6.54 Å². The molecule has 0 aliphatic carbocycles. The summed E-state index contributed by atoms with van der Waals surface area (Å²) in [7, 11) is 0. The Bertz CT molecular complexity index is 1190. The topological polar surface area (TPSA) is 68.5 Å². The van der Waals surface area contributed by atoms with Gasteiger partial charge in [-0.2, -0.15) is 5.10 Å². The number of halogens is 1. The van der Waals surface area contributed by atoms with E-state index in [-0.39, 0.29) is 5.91 Å². The summed E-state index contributed by atoms with van der Waals surface area (Å²) in [4.78, 5) is 16.0. The van der Waals surface area contributed by atoms with Gasteiger partial charge in [0.05, 0.1) is 12.8 Å². The van der Waals surface area contributed by atoms with Gasteiger partial charge in [-0.05, 0) is 48.9 Å². The lowest BCUT2D eigenvalue weighted by molar-refractivity contribution is 0.0955. The molecule has 2 aromatic heterocycles. The summed E-state index contributed by atoms with van der Waals surface area (Å²) in [6.45, 7) is 1.39. The fraction of sp³-hybridized carbons (Fsp3) is 0.125. The molecule has 0 saturated heterocycles. The molecule has 0 spiro atoms. The van der Waals surface area contributed by atoms with E-state index in [0.29, 0.717) is 17.2 Å².